The van der Waals surface area contributed by atoms with Crippen LogP contribution in [0.3, 0.4) is 0 Å². The molecule has 0 unspecified atom stereocenters. The first-order chi connectivity index (χ1) is 38.0. The predicted molar refractivity (Wildman–Crippen MR) is 309 cm³/mol. The first-order valence-corrected chi connectivity index (χ1v) is 29.3. The van der Waals surface area contributed by atoms with Gasteiger partial charge in [0.25, 0.3) is 0 Å². The van der Waals surface area contributed by atoms with Gasteiger partial charge in [0.2, 0.25) is 53.2 Å². The maximum absolute atomic E-state index is 14.1. The SMILES string of the molecule is CC[C@H](C)[C@H](N)C(=O)N[C@@H](CC(C)C)C(=O)N[C@@H](CS)C(=O)N[C@@H](Cc1c[nH]c2ccccc12)C(=O)NCC(=O)N[C@@H](CCC(=O)O)C(=O)N[C@@H](CC(C)C)C(=O)N[C@@H](CCSC)C(=O)N[C@H](C(=O)N[C@@H](CC(C)C)C(=O)O)[C@@H](C)O. The molecule has 15 N–H and O–H groups in total. The summed E-state index contributed by atoms with van der Waals surface area (Å²) in [5.74, 6) is -10.8. The number of fused-ring (bicyclic) bond motifs is 1. The van der Waals surface area contributed by atoms with Crippen molar-refractivity contribution in [3.05, 3.63) is 36.0 Å². The van der Waals surface area contributed by atoms with Gasteiger partial charge >= 0.3 is 11.9 Å². The first-order valence-electron chi connectivity index (χ1n) is 27.3. The standard InChI is InChI=1S/C54H87N11O14S2/c1-11-30(8)44(55)52(76)62-38(21-28(4)5)50(74)64-41(26-80)51(75)61-39(23-32-24-56-34-15-13-12-14-33(32)34)46(70)57-25-42(67)58-35(16-17-43(68)69)47(71)60-37(20-27(2)3)49(73)59-36(18-19-81-10)48(72)65-45(31(9)66)53(77)63-40(54(78)79)22-29(6)7/h12-15,24,27-31,35-41,44-45,56,66,80H,11,16-23,25-26,55H2,1-10H3,(H,57,70)(H,58,67)(H,59,73)(H,60,71)(H,61,75)(H,62,76)(H,63,77)(H,64,74)(H,65,72)(H,68,69)(H,78,79)/t30-,31+,35-,36-,37-,38-,39-,40-,41-,44-,45-/m0/s1. The molecule has 0 spiro atoms. The van der Waals surface area contributed by atoms with Gasteiger partial charge < -0.3 is 73.9 Å². The second-order valence-corrected chi connectivity index (χ2v) is 22.9. The number of thiol groups is 1. The van der Waals surface area contributed by atoms with Crippen LogP contribution in [0.4, 0.5) is 0 Å². The van der Waals surface area contributed by atoms with E-state index in [0.717, 1.165) is 10.9 Å². The first kappa shape index (κ1) is 70.7. The van der Waals surface area contributed by atoms with Gasteiger partial charge in [-0.1, -0.05) is 80.0 Å². The number of aliphatic hydroxyl groups is 1. The molecule has 0 aliphatic heterocycles. The molecule has 1 aromatic carbocycles. The highest BCUT2D eigenvalue weighted by molar-refractivity contribution is 7.98. The van der Waals surface area contributed by atoms with Gasteiger partial charge in [-0.15, -0.1) is 0 Å². The molecule has 0 aliphatic carbocycles. The third-order valence-electron chi connectivity index (χ3n) is 13.1. The quantitative estimate of drug-likeness (QED) is 0.0403. The summed E-state index contributed by atoms with van der Waals surface area (Å²) in [5.41, 5.74) is 7.47. The van der Waals surface area contributed by atoms with E-state index in [0.29, 0.717) is 17.7 Å². The average molecular weight is 1180 g/mol. The molecule has 0 aliphatic rings. The van der Waals surface area contributed by atoms with Crippen LogP contribution in [-0.2, 0) is 59.2 Å². The molecule has 25 nitrogen and oxygen atoms in total. The van der Waals surface area contributed by atoms with Crippen molar-refractivity contribution >= 4 is 100 Å². The monoisotopic (exact) mass is 1180 g/mol. The minimum Gasteiger partial charge on any atom is -0.481 e. The summed E-state index contributed by atoms with van der Waals surface area (Å²) in [5, 5.41) is 53.3. The molecule has 27 heteroatoms. The summed E-state index contributed by atoms with van der Waals surface area (Å²) in [7, 11) is 0. The molecular formula is C54H87N11O14S2. The highest BCUT2D eigenvalue weighted by atomic mass is 32.2. The summed E-state index contributed by atoms with van der Waals surface area (Å²) in [6.45, 7) is 14.8. The number of carboxylic acid groups (broad SMARTS) is 2. The molecule has 11 atom stereocenters. The molecule has 0 radical (unpaired) electrons. The van der Waals surface area contributed by atoms with E-state index in [1.54, 1.807) is 64.4 Å². The Hall–Kier alpha value is -6.45. The van der Waals surface area contributed by atoms with Gasteiger partial charge in [0, 0.05) is 35.7 Å². The topological polar surface area (TPSA) is 399 Å². The maximum atomic E-state index is 14.1. The number of nitrogens with two attached hydrogens (primary N) is 1. The molecule has 0 saturated heterocycles. The van der Waals surface area contributed by atoms with Gasteiger partial charge in [0.05, 0.1) is 18.7 Å². The van der Waals surface area contributed by atoms with Gasteiger partial charge in [-0.05, 0) is 86.3 Å². The number of rotatable bonds is 37. The minimum absolute atomic E-state index is 0.0104. The fourth-order valence-corrected chi connectivity index (χ4v) is 9.12. The molecule has 0 fully saturated rings. The van der Waals surface area contributed by atoms with Crippen molar-refractivity contribution in [2.45, 2.75) is 174 Å². The molecular weight excluding hydrogens is 1090 g/mol. The van der Waals surface area contributed by atoms with Gasteiger partial charge in [0.1, 0.15) is 48.3 Å². The largest absolute Gasteiger partial charge is 0.481 e. The number of benzene rings is 1. The zero-order valence-corrected chi connectivity index (χ0v) is 49.7. The number of aromatic amines is 1. The number of thioether (sulfide) groups is 1. The number of H-pyrrole nitrogens is 1. The van der Waals surface area contributed by atoms with Crippen LogP contribution in [0.15, 0.2) is 30.5 Å². The summed E-state index contributed by atoms with van der Waals surface area (Å²) >= 11 is 5.64. The van der Waals surface area contributed by atoms with Crippen LogP contribution in [0.1, 0.15) is 113 Å². The number of carbonyl (C=O) groups excluding carboxylic acids is 9. The van der Waals surface area contributed by atoms with E-state index in [2.05, 4.69) is 65.5 Å². The third kappa shape index (κ3) is 24.7. The van der Waals surface area contributed by atoms with Crippen molar-refractivity contribution in [3.63, 3.8) is 0 Å². The van der Waals surface area contributed by atoms with E-state index in [1.165, 1.54) is 18.7 Å². The van der Waals surface area contributed by atoms with Crippen LogP contribution in [0.2, 0.25) is 0 Å². The number of hydrogen-bond acceptors (Lipinski definition) is 15. The van der Waals surface area contributed by atoms with Crippen LogP contribution < -0.4 is 53.6 Å². The molecule has 0 saturated carbocycles. The number of carboxylic acids is 2. The Morgan fingerprint density at radius 3 is 1.62 bits per heavy atom. The van der Waals surface area contributed by atoms with Crippen molar-refractivity contribution in [2.24, 2.45) is 29.4 Å². The van der Waals surface area contributed by atoms with Crippen molar-refractivity contribution < 1.29 is 68.1 Å². The Morgan fingerprint density at radius 2 is 1.09 bits per heavy atom. The molecule has 2 aromatic rings. The van der Waals surface area contributed by atoms with Crippen LogP contribution in [0.5, 0.6) is 0 Å². The minimum atomic E-state index is -1.63. The van der Waals surface area contributed by atoms with Crippen molar-refractivity contribution in [2.75, 3.05) is 24.3 Å². The lowest BCUT2D eigenvalue weighted by atomic mass is 9.97. The number of carbonyl (C=O) groups is 11. The number of aliphatic hydroxyl groups excluding tert-OH is 1. The van der Waals surface area contributed by atoms with Gasteiger partial charge in [-0.2, -0.15) is 24.4 Å². The Kier molecular flexibility index (Phi) is 30.9. The smallest absolute Gasteiger partial charge is 0.326 e. The number of hydrogen-bond donors (Lipinski definition) is 15. The summed E-state index contributed by atoms with van der Waals surface area (Å²) in [6, 6.07) is -4.74. The lowest BCUT2D eigenvalue weighted by molar-refractivity contribution is -0.143. The fraction of sp³-hybridized carbons (Fsp3) is 0.648. The van der Waals surface area contributed by atoms with Crippen LogP contribution >= 0.6 is 24.4 Å². The van der Waals surface area contributed by atoms with E-state index in [4.69, 9.17) is 5.73 Å². The number of aliphatic carboxylic acids is 2. The van der Waals surface area contributed by atoms with Gasteiger partial charge in [-0.3, -0.25) is 47.9 Å². The highest BCUT2D eigenvalue weighted by Gasteiger charge is 2.36. The second-order valence-electron chi connectivity index (χ2n) is 21.5. The van der Waals surface area contributed by atoms with Crippen LogP contribution in [-0.4, -0.2) is 170 Å². The average Bonchev–Trinajstić information content (AvgIpc) is 3.89. The summed E-state index contributed by atoms with van der Waals surface area (Å²) in [4.78, 5) is 150. The Morgan fingerprint density at radius 1 is 0.605 bits per heavy atom. The van der Waals surface area contributed by atoms with Crippen LogP contribution in [0.25, 0.3) is 10.9 Å². The molecule has 1 aromatic heterocycles. The van der Waals surface area contributed by atoms with Gasteiger partial charge in [0.15, 0.2) is 0 Å². The molecule has 1 heterocycles. The normalized spacial score (nSPS) is 15.5. The van der Waals surface area contributed by atoms with Crippen molar-refractivity contribution in [3.8, 4) is 0 Å². The number of amides is 9. The fourth-order valence-electron chi connectivity index (χ4n) is 8.39. The number of para-hydroxylation sites is 1. The molecule has 2 rings (SSSR count). The van der Waals surface area contributed by atoms with Crippen LogP contribution in [0, 0.1) is 23.7 Å². The van der Waals surface area contributed by atoms with E-state index < -0.39 is 145 Å². The second kappa shape index (κ2) is 35.4. The summed E-state index contributed by atoms with van der Waals surface area (Å²) in [6.07, 6.45) is 1.55. The van der Waals surface area contributed by atoms with E-state index in [-0.39, 0.29) is 61.5 Å². The third-order valence-corrected chi connectivity index (χ3v) is 14.1. The molecule has 81 heavy (non-hydrogen) atoms. The Labute approximate surface area is 483 Å². The Balaban J connectivity index is 2.37. The number of nitrogens with one attached hydrogen (secondary N) is 10. The summed E-state index contributed by atoms with van der Waals surface area (Å²) < 4.78 is 0. The predicted octanol–water partition coefficient (Wildman–Crippen LogP) is 0.230. The lowest BCUT2D eigenvalue weighted by Crippen LogP contribution is -2.61. The lowest BCUT2D eigenvalue weighted by Gasteiger charge is -2.28. The number of aromatic nitrogens is 1. The zero-order chi connectivity index (χ0) is 61.3. The van der Waals surface area contributed by atoms with E-state index in [1.807, 2.05) is 27.7 Å². The molecule has 454 valence electrons. The highest BCUT2D eigenvalue weighted by Crippen LogP contribution is 2.20. The zero-order valence-electron chi connectivity index (χ0n) is 48.0. The van der Waals surface area contributed by atoms with Crippen molar-refractivity contribution in [1.29, 1.82) is 0 Å². The molecule has 0 bridgehead atoms. The maximum Gasteiger partial charge on any atom is 0.326 e. The molecule has 9 amide bonds. The van der Waals surface area contributed by atoms with E-state index in [9.17, 15) is 68.1 Å². The Bertz CT molecular complexity index is 2460. The van der Waals surface area contributed by atoms with Crippen molar-refractivity contribution in [1.82, 2.24) is 52.8 Å². The van der Waals surface area contributed by atoms with E-state index >= 15 is 0 Å². The van der Waals surface area contributed by atoms with Gasteiger partial charge in [-0.25, -0.2) is 4.79 Å².